The van der Waals surface area contributed by atoms with Crippen molar-refractivity contribution in [1.82, 2.24) is 4.98 Å². The summed E-state index contributed by atoms with van der Waals surface area (Å²) in [4.78, 5) is 4.14. The van der Waals surface area contributed by atoms with Crippen LogP contribution in [0, 0.1) is 5.82 Å². The fourth-order valence-electron chi connectivity index (χ4n) is 2.69. The van der Waals surface area contributed by atoms with E-state index in [-0.39, 0.29) is 17.4 Å². The second kappa shape index (κ2) is 9.32. The summed E-state index contributed by atoms with van der Waals surface area (Å²) in [6.07, 6.45) is 2.81. The minimum absolute atomic E-state index is 0.0359. The van der Waals surface area contributed by atoms with E-state index in [0.29, 0.717) is 19.4 Å². The van der Waals surface area contributed by atoms with Crippen molar-refractivity contribution in [2.45, 2.75) is 19.4 Å². The Hall–Kier alpha value is -2.93. The molecule has 2 aromatic carbocycles. The van der Waals surface area contributed by atoms with E-state index in [1.807, 2.05) is 30.3 Å². The van der Waals surface area contributed by atoms with Crippen LogP contribution in [0.1, 0.15) is 17.5 Å². The highest BCUT2D eigenvalue weighted by Gasteiger charge is 2.11. The first kappa shape index (κ1) is 19.8. The van der Waals surface area contributed by atoms with E-state index in [1.165, 1.54) is 12.1 Å². The van der Waals surface area contributed by atoms with Crippen LogP contribution in [0.25, 0.3) is 0 Å². The van der Waals surface area contributed by atoms with Crippen molar-refractivity contribution in [1.29, 1.82) is 0 Å². The van der Waals surface area contributed by atoms with E-state index in [2.05, 4.69) is 15.0 Å². The number of hydrogen-bond donors (Lipinski definition) is 2. The molecule has 0 amide bonds. The lowest BCUT2D eigenvalue weighted by molar-refractivity contribution is 0.598. The summed E-state index contributed by atoms with van der Waals surface area (Å²) in [5, 5.41) is 3.16. The van der Waals surface area contributed by atoms with Gasteiger partial charge in [0.1, 0.15) is 11.6 Å². The van der Waals surface area contributed by atoms with Crippen LogP contribution < -0.4 is 10.0 Å². The maximum Gasteiger partial charge on any atom is 0.233 e. The second-order valence-corrected chi connectivity index (χ2v) is 8.26. The molecule has 0 fully saturated rings. The second-order valence-electron chi connectivity index (χ2n) is 6.42. The van der Waals surface area contributed by atoms with Gasteiger partial charge in [-0.05, 0) is 48.2 Å². The van der Waals surface area contributed by atoms with Crippen LogP contribution in [0.3, 0.4) is 0 Å². The zero-order chi connectivity index (χ0) is 19.8. The number of hydrogen-bond acceptors (Lipinski definition) is 4. The number of nitrogens with zero attached hydrogens (tertiary/aromatic N) is 1. The minimum Gasteiger partial charge on any atom is -0.380 e. The van der Waals surface area contributed by atoms with Crippen molar-refractivity contribution in [3.63, 3.8) is 0 Å². The molecule has 1 aromatic heterocycles. The van der Waals surface area contributed by atoms with Crippen LogP contribution in [-0.2, 0) is 23.0 Å². The van der Waals surface area contributed by atoms with E-state index in [4.69, 9.17) is 0 Å². The molecule has 0 aliphatic rings. The number of benzene rings is 2. The van der Waals surface area contributed by atoms with Gasteiger partial charge in [0.25, 0.3) is 0 Å². The van der Waals surface area contributed by atoms with Gasteiger partial charge >= 0.3 is 0 Å². The van der Waals surface area contributed by atoms with E-state index in [1.54, 1.807) is 30.5 Å². The Kier molecular flexibility index (Phi) is 6.60. The molecule has 0 saturated heterocycles. The number of aromatic nitrogens is 1. The van der Waals surface area contributed by atoms with Gasteiger partial charge in [-0.25, -0.2) is 17.8 Å². The Morgan fingerprint density at radius 1 is 0.893 bits per heavy atom. The maximum absolute atomic E-state index is 12.9. The number of anilines is 2. The summed E-state index contributed by atoms with van der Waals surface area (Å²) in [7, 11) is -3.45. The third-order valence-electron chi connectivity index (χ3n) is 4.15. The smallest absolute Gasteiger partial charge is 0.233 e. The third kappa shape index (κ3) is 6.35. The fraction of sp³-hybridized carbons (Fsp3) is 0.190. The predicted molar refractivity (Wildman–Crippen MR) is 110 cm³/mol. The van der Waals surface area contributed by atoms with Crippen molar-refractivity contribution < 1.29 is 12.8 Å². The van der Waals surface area contributed by atoms with Crippen molar-refractivity contribution in [2.24, 2.45) is 0 Å². The number of aryl methyl sites for hydroxylation is 1. The van der Waals surface area contributed by atoms with Crippen LogP contribution in [0.4, 0.5) is 15.9 Å². The van der Waals surface area contributed by atoms with E-state index in [0.717, 1.165) is 16.8 Å². The van der Waals surface area contributed by atoms with Crippen LogP contribution >= 0.6 is 0 Å². The molecule has 0 saturated carbocycles. The van der Waals surface area contributed by atoms with Gasteiger partial charge in [0, 0.05) is 6.54 Å². The number of nitrogens with one attached hydrogen (secondary N) is 2. The van der Waals surface area contributed by atoms with Gasteiger partial charge in [-0.15, -0.1) is 0 Å². The number of pyridine rings is 1. The van der Waals surface area contributed by atoms with Gasteiger partial charge in [0.2, 0.25) is 10.0 Å². The Morgan fingerprint density at radius 3 is 2.32 bits per heavy atom. The topological polar surface area (TPSA) is 71.1 Å². The Bertz CT molecular complexity index is 976. The van der Waals surface area contributed by atoms with Gasteiger partial charge in [0.05, 0.1) is 17.6 Å². The molecular formula is C21H22FN3O2S. The molecule has 5 nitrogen and oxygen atoms in total. The number of halogens is 1. The van der Waals surface area contributed by atoms with Gasteiger partial charge in [-0.1, -0.05) is 42.5 Å². The highest BCUT2D eigenvalue weighted by atomic mass is 32.2. The summed E-state index contributed by atoms with van der Waals surface area (Å²) < 4.78 is 39.8. The minimum atomic E-state index is -3.45. The average Bonchev–Trinajstić information content (AvgIpc) is 2.69. The molecule has 1 heterocycles. The van der Waals surface area contributed by atoms with Crippen molar-refractivity contribution >= 4 is 21.5 Å². The highest BCUT2D eigenvalue weighted by Crippen LogP contribution is 2.13. The van der Waals surface area contributed by atoms with Gasteiger partial charge in [-0.3, -0.25) is 4.72 Å². The lowest BCUT2D eigenvalue weighted by Gasteiger charge is -2.09. The molecule has 7 heteroatoms. The zero-order valence-corrected chi connectivity index (χ0v) is 16.1. The summed E-state index contributed by atoms with van der Waals surface area (Å²) >= 11 is 0. The van der Waals surface area contributed by atoms with Crippen LogP contribution in [0.5, 0.6) is 0 Å². The Labute approximate surface area is 164 Å². The zero-order valence-electron chi connectivity index (χ0n) is 15.3. The standard InChI is InChI=1S/C21H22FN3O2S/c22-19-10-8-18(9-11-19)15-23-20-12-13-21(24-16-20)25-28(26,27)14-4-7-17-5-2-1-3-6-17/h1-3,5-6,8-13,16,23H,4,7,14-15H2,(H,24,25). The Morgan fingerprint density at radius 2 is 1.64 bits per heavy atom. The molecule has 0 bridgehead atoms. The number of rotatable bonds is 9. The number of sulfonamides is 1. The van der Waals surface area contributed by atoms with E-state index >= 15 is 0 Å². The summed E-state index contributed by atoms with van der Waals surface area (Å²) in [6.45, 7) is 0.520. The fourth-order valence-corrected chi connectivity index (χ4v) is 3.75. The van der Waals surface area contributed by atoms with Crippen LogP contribution in [-0.4, -0.2) is 19.2 Å². The largest absolute Gasteiger partial charge is 0.380 e. The molecule has 3 aromatic rings. The SMILES string of the molecule is O=S(=O)(CCCc1ccccc1)Nc1ccc(NCc2ccc(F)cc2)cn1. The average molecular weight is 399 g/mol. The predicted octanol–water partition coefficient (Wildman–Crippen LogP) is 4.21. The summed E-state index contributed by atoms with van der Waals surface area (Å²) in [5.41, 5.74) is 2.80. The molecule has 3 rings (SSSR count). The maximum atomic E-state index is 12.9. The monoisotopic (exact) mass is 399 g/mol. The third-order valence-corrected chi connectivity index (χ3v) is 5.50. The van der Waals surface area contributed by atoms with Gasteiger partial charge in [-0.2, -0.15) is 0 Å². The van der Waals surface area contributed by atoms with Crippen LogP contribution in [0.15, 0.2) is 72.9 Å². The molecule has 0 unspecified atom stereocenters. The van der Waals surface area contributed by atoms with Crippen molar-refractivity contribution in [3.8, 4) is 0 Å². The molecule has 28 heavy (non-hydrogen) atoms. The summed E-state index contributed by atoms with van der Waals surface area (Å²) in [5.74, 6) is 0.0478. The molecular weight excluding hydrogens is 377 g/mol. The lowest BCUT2D eigenvalue weighted by atomic mass is 10.1. The molecule has 0 atom stereocenters. The van der Waals surface area contributed by atoms with E-state index < -0.39 is 10.0 Å². The van der Waals surface area contributed by atoms with Crippen LogP contribution in [0.2, 0.25) is 0 Å². The van der Waals surface area contributed by atoms with Crippen molar-refractivity contribution in [3.05, 3.63) is 89.9 Å². The first-order chi connectivity index (χ1) is 13.5. The van der Waals surface area contributed by atoms with Gasteiger partial charge < -0.3 is 5.32 Å². The molecule has 0 aliphatic carbocycles. The molecule has 2 N–H and O–H groups in total. The summed E-state index contributed by atoms with van der Waals surface area (Å²) in [6, 6.07) is 19.4. The molecule has 0 aliphatic heterocycles. The molecule has 0 radical (unpaired) electrons. The highest BCUT2D eigenvalue weighted by molar-refractivity contribution is 7.92. The Balaban J connectivity index is 1.47. The lowest BCUT2D eigenvalue weighted by Crippen LogP contribution is -2.18. The first-order valence-corrected chi connectivity index (χ1v) is 10.6. The normalized spacial score (nSPS) is 11.2. The van der Waals surface area contributed by atoms with E-state index in [9.17, 15) is 12.8 Å². The van der Waals surface area contributed by atoms with Crippen molar-refractivity contribution in [2.75, 3.05) is 15.8 Å². The van der Waals surface area contributed by atoms with Gasteiger partial charge in [0.15, 0.2) is 0 Å². The quantitative estimate of drug-likeness (QED) is 0.566. The molecule has 146 valence electrons. The molecule has 0 spiro atoms. The first-order valence-electron chi connectivity index (χ1n) is 8.99.